The van der Waals surface area contributed by atoms with E-state index in [1.807, 2.05) is 19.9 Å². The first kappa shape index (κ1) is 24.3. The van der Waals surface area contributed by atoms with Crippen LogP contribution in [-0.2, 0) is 14.3 Å². The molecule has 1 aliphatic carbocycles. The summed E-state index contributed by atoms with van der Waals surface area (Å²) in [6, 6.07) is 3.47. The standard InChI is InChI=1S/C23H35N3O6/c1-5-23(6-2,22(29)31-7-3)25-20(28)18-8-9-19(26-11-17(12-26)30-4)21(24-18)32-14-16-10-15(16)13-27/h8-9,15-17,27H,5-7,10-14H2,1-4H3,(H,25,28)/t15-,16+/m1/s1. The Labute approximate surface area is 189 Å². The van der Waals surface area contributed by atoms with Gasteiger partial charge in [-0.15, -0.1) is 0 Å². The van der Waals surface area contributed by atoms with Crippen molar-refractivity contribution in [2.45, 2.75) is 51.7 Å². The molecule has 1 saturated heterocycles. The van der Waals surface area contributed by atoms with Crippen molar-refractivity contribution in [2.75, 3.05) is 44.9 Å². The van der Waals surface area contributed by atoms with Crippen LogP contribution in [0.4, 0.5) is 5.69 Å². The lowest BCUT2D eigenvalue weighted by atomic mass is 9.92. The lowest BCUT2D eigenvalue weighted by molar-refractivity contribution is -0.151. The largest absolute Gasteiger partial charge is 0.476 e. The second-order valence-electron chi connectivity index (χ2n) is 8.50. The van der Waals surface area contributed by atoms with E-state index < -0.39 is 17.4 Å². The van der Waals surface area contributed by atoms with Crippen LogP contribution in [0.1, 0.15) is 50.5 Å². The van der Waals surface area contributed by atoms with Crippen LogP contribution in [0.2, 0.25) is 0 Å². The summed E-state index contributed by atoms with van der Waals surface area (Å²) in [5.74, 6) is 0.0566. The third-order valence-corrected chi connectivity index (χ3v) is 6.56. The highest BCUT2D eigenvalue weighted by atomic mass is 16.5. The van der Waals surface area contributed by atoms with Gasteiger partial charge in [0.15, 0.2) is 0 Å². The molecule has 2 atom stereocenters. The Morgan fingerprint density at radius 2 is 1.94 bits per heavy atom. The molecule has 9 heteroatoms. The predicted molar refractivity (Wildman–Crippen MR) is 119 cm³/mol. The zero-order valence-corrected chi connectivity index (χ0v) is 19.4. The molecule has 2 aliphatic rings. The van der Waals surface area contributed by atoms with E-state index in [2.05, 4.69) is 15.2 Å². The van der Waals surface area contributed by atoms with Crippen LogP contribution in [0, 0.1) is 11.8 Å². The van der Waals surface area contributed by atoms with Crippen LogP contribution in [0.5, 0.6) is 5.88 Å². The molecule has 1 aromatic heterocycles. The van der Waals surface area contributed by atoms with Crippen molar-refractivity contribution in [2.24, 2.45) is 11.8 Å². The Kier molecular flexibility index (Phi) is 7.95. The minimum Gasteiger partial charge on any atom is -0.476 e. The molecule has 9 nitrogen and oxygen atoms in total. The zero-order chi connectivity index (χ0) is 23.3. The molecule has 2 fully saturated rings. The quantitative estimate of drug-likeness (QED) is 0.465. The molecule has 0 unspecified atom stereocenters. The summed E-state index contributed by atoms with van der Waals surface area (Å²) in [6.07, 6.45) is 1.90. The van der Waals surface area contributed by atoms with Gasteiger partial charge in [0.05, 0.1) is 19.3 Å². The number of methoxy groups -OCH3 is 1. The maximum atomic E-state index is 13.0. The van der Waals surface area contributed by atoms with Gasteiger partial charge in [-0.25, -0.2) is 9.78 Å². The molecule has 0 bridgehead atoms. The summed E-state index contributed by atoms with van der Waals surface area (Å²) in [5.41, 5.74) is -0.115. The fraction of sp³-hybridized carbons (Fsp3) is 0.696. The third-order valence-electron chi connectivity index (χ3n) is 6.56. The number of carbonyl (C=O) groups is 2. The molecule has 0 spiro atoms. The number of esters is 1. The first-order valence-electron chi connectivity index (χ1n) is 11.4. The highest BCUT2D eigenvalue weighted by molar-refractivity contribution is 5.97. The van der Waals surface area contributed by atoms with E-state index in [1.54, 1.807) is 20.1 Å². The van der Waals surface area contributed by atoms with Crippen LogP contribution in [-0.4, -0.2) is 73.6 Å². The minimum absolute atomic E-state index is 0.155. The van der Waals surface area contributed by atoms with E-state index in [4.69, 9.17) is 14.2 Å². The van der Waals surface area contributed by atoms with E-state index in [-0.39, 0.29) is 30.9 Å². The molecule has 178 valence electrons. The average Bonchev–Trinajstić information content (AvgIpc) is 3.54. The smallest absolute Gasteiger partial charge is 0.331 e. The molecular formula is C23H35N3O6. The van der Waals surface area contributed by atoms with Gasteiger partial charge >= 0.3 is 5.97 Å². The molecule has 1 amide bonds. The SMILES string of the molecule is CCOC(=O)C(CC)(CC)NC(=O)c1ccc(N2CC(OC)C2)c(OC[C@@H]2C[C@@H]2CO)n1. The second-order valence-corrected chi connectivity index (χ2v) is 8.50. The van der Waals surface area contributed by atoms with Crippen molar-refractivity contribution >= 4 is 17.6 Å². The number of amides is 1. The predicted octanol–water partition coefficient (Wildman–Crippen LogP) is 1.78. The summed E-state index contributed by atoms with van der Waals surface area (Å²) in [4.78, 5) is 32.2. The third kappa shape index (κ3) is 5.15. The van der Waals surface area contributed by atoms with Gasteiger partial charge < -0.3 is 29.5 Å². The number of aliphatic hydroxyl groups is 1. The lowest BCUT2D eigenvalue weighted by Crippen LogP contribution is -2.54. The highest BCUT2D eigenvalue weighted by Gasteiger charge is 2.40. The second kappa shape index (κ2) is 10.5. The van der Waals surface area contributed by atoms with E-state index in [1.165, 1.54) is 0 Å². The number of aromatic nitrogens is 1. The first-order valence-corrected chi connectivity index (χ1v) is 11.4. The maximum absolute atomic E-state index is 13.0. The van der Waals surface area contributed by atoms with Gasteiger partial charge in [0.25, 0.3) is 5.91 Å². The number of nitrogens with zero attached hydrogens (tertiary/aromatic N) is 2. The van der Waals surface area contributed by atoms with Crippen molar-refractivity contribution < 1.29 is 28.9 Å². The molecule has 32 heavy (non-hydrogen) atoms. The molecule has 0 radical (unpaired) electrons. The van der Waals surface area contributed by atoms with Gasteiger partial charge in [-0.2, -0.15) is 0 Å². The Balaban J connectivity index is 1.78. The number of pyridine rings is 1. The summed E-state index contributed by atoms with van der Waals surface area (Å²) in [7, 11) is 1.69. The topological polar surface area (TPSA) is 110 Å². The monoisotopic (exact) mass is 449 g/mol. The summed E-state index contributed by atoms with van der Waals surface area (Å²) in [5, 5.41) is 12.1. The molecule has 3 rings (SSSR count). The number of aliphatic hydroxyl groups excluding tert-OH is 1. The molecule has 1 aromatic rings. The van der Waals surface area contributed by atoms with Crippen LogP contribution in [0.25, 0.3) is 0 Å². The first-order chi connectivity index (χ1) is 15.4. The Bertz CT molecular complexity index is 807. The van der Waals surface area contributed by atoms with Crippen LogP contribution in [0.15, 0.2) is 12.1 Å². The van der Waals surface area contributed by atoms with Crippen molar-refractivity contribution in [3.8, 4) is 5.88 Å². The van der Waals surface area contributed by atoms with Crippen LogP contribution < -0.4 is 15.0 Å². The average molecular weight is 450 g/mol. The molecule has 1 saturated carbocycles. The van der Waals surface area contributed by atoms with Crippen molar-refractivity contribution in [1.82, 2.24) is 10.3 Å². The number of carbonyl (C=O) groups excluding carboxylic acids is 2. The summed E-state index contributed by atoms with van der Waals surface area (Å²) >= 11 is 0. The van der Waals surface area contributed by atoms with Crippen molar-refractivity contribution in [3.05, 3.63) is 17.8 Å². The number of hydrogen-bond donors (Lipinski definition) is 2. The number of hydrogen-bond acceptors (Lipinski definition) is 8. The minimum atomic E-state index is -1.10. The van der Waals surface area contributed by atoms with Gasteiger partial charge in [0, 0.05) is 26.8 Å². The fourth-order valence-corrected chi connectivity index (χ4v) is 3.93. The normalized spacial score (nSPS) is 20.5. The summed E-state index contributed by atoms with van der Waals surface area (Å²) < 4.78 is 16.6. The van der Waals surface area contributed by atoms with Crippen molar-refractivity contribution in [3.63, 3.8) is 0 Å². The van der Waals surface area contributed by atoms with E-state index in [0.29, 0.717) is 31.2 Å². The van der Waals surface area contributed by atoms with Gasteiger partial charge in [-0.1, -0.05) is 13.8 Å². The van der Waals surface area contributed by atoms with Gasteiger partial charge in [-0.3, -0.25) is 4.79 Å². The summed E-state index contributed by atoms with van der Waals surface area (Å²) in [6.45, 7) is 7.71. The highest BCUT2D eigenvalue weighted by Crippen LogP contribution is 2.39. The Morgan fingerprint density at radius 1 is 1.22 bits per heavy atom. The van der Waals surface area contributed by atoms with E-state index >= 15 is 0 Å². The molecular weight excluding hydrogens is 414 g/mol. The van der Waals surface area contributed by atoms with Gasteiger partial charge in [0.2, 0.25) is 5.88 Å². The number of anilines is 1. The molecule has 2 heterocycles. The van der Waals surface area contributed by atoms with Crippen molar-refractivity contribution in [1.29, 1.82) is 0 Å². The zero-order valence-electron chi connectivity index (χ0n) is 19.4. The molecule has 0 aromatic carbocycles. The number of ether oxygens (including phenoxy) is 3. The number of rotatable bonds is 12. The Morgan fingerprint density at radius 3 is 2.50 bits per heavy atom. The van der Waals surface area contributed by atoms with Crippen LogP contribution >= 0.6 is 0 Å². The van der Waals surface area contributed by atoms with E-state index in [0.717, 1.165) is 25.2 Å². The van der Waals surface area contributed by atoms with Crippen LogP contribution in [0.3, 0.4) is 0 Å². The van der Waals surface area contributed by atoms with Gasteiger partial charge in [-0.05, 0) is 50.2 Å². The lowest BCUT2D eigenvalue weighted by Gasteiger charge is -2.40. The number of nitrogens with one attached hydrogen (secondary N) is 1. The van der Waals surface area contributed by atoms with E-state index in [9.17, 15) is 14.7 Å². The van der Waals surface area contributed by atoms with Gasteiger partial charge in [0.1, 0.15) is 16.9 Å². The Hall–Kier alpha value is -2.39. The molecule has 2 N–H and O–H groups in total. The fourth-order valence-electron chi connectivity index (χ4n) is 3.93. The maximum Gasteiger partial charge on any atom is 0.331 e. The molecule has 1 aliphatic heterocycles.